The van der Waals surface area contributed by atoms with Crippen molar-refractivity contribution < 1.29 is 4.74 Å². The lowest BCUT2D eigenvalue weighted by Gasteiger charge is -2.39. The Morgan fingerprint density at radius 2 is 2.00 bits per heavy atom. The van der Waals surface area contributed by atoms with Gasteiger partial charge >= 0.3 is 0 Å². The average molecular weight is 245 g/mol. The standard InChI is InChI=1S/C16H23NO/c1-13-6-2-3-7-15(13)17-14-8-11-18-16(12-14)9-4-5-10-16/h2-3,6-7,14,17H,4-5,8-12H2,1H3. The third-order valence-corrected chi connectivity index (χ3v) is 4.51. The van der Waals surface area contributed by atoms with Gasteiger partial charge in [-0.1, -0.05) is 31.0 Å². The van der Waals surface area contributed by atoms with Crippen LogP contribution in [0.1, 0.15) is 44.1 Å². The number of benzene rings is 1. The van der Waals surface area contributed by atoms with E-state index in [-0.39, 0.29) is 5.60 Å². The predicted octanol–water partition coefficient (Wildman–Crippen LogP) is 3.90. The molecule has 2 nitrogen and oxygen atoms in total. The largest absolute Gasteiger partial charge is 0.382 e. The molecule has 1 heterocycles. The van der Waals surface area contributed by atoms with Crippen molar-refractivity contribution in [1.29, 1.82) is 0 Å². The molecule has 98 valence electrons. The second kappa shape index (κ2) is 4.93. The van der Waals surface area contributed by atoms with Crippen molar-refractivity contribution in [1.82, 2.24) is 0 Å². The molecule has 1 aliphatic heterocycles. The molecule has 2 aliphatic rings. The Morgan fingerprint density at radius 1 is 1.22 bits per heavy atom. The van der Waals surface area contributed by atoms with Gasteiger partial charge in [-0.3, -0.25) is 0 Å². The molecule has 3 rings (SSSR count). The number of rotatable bonds is 2. The van der Waals surface area contributed by atoms with E-state index in [1.165, 1.54) is 43.4 Å². The first-order chi connectivity index (χ1) is 8.77. The van der Waals surface area contributed by atoms with Crippen molar-refractivity contribution in [3.05, 3.63) is 29.8 Å². The Labute approximate surface area is 110 Å². The first kappa shape index (κ1) is 12.0. The third kappa shape index (κ3) is 2.39. The number of nitrogens with one attached hydrogen (secondary N) is 1. The molecule has 2 heteroatoms. The molecule has 1 spiro atoms. The maximum Gasteiger partial charge on any atom is 0.0702 e. The van der Waals surface area contributed by atoms with Gasteiger partial charge in [-0.15, -0.1) is 0 Å². The summed E-state index contributed by atoms with van der Waals surface area (Å²) in [4.78, 5) is 0. The van der Waals surface area contributed by atoms with Crippen LogP contribution in [0.2, 0.25) is 0 Å². The zero-order chi connectivity index (χ0) is 12.4. The summed E-state index contributed by atoms with van der Waals surface area (Å²) in [5, 5.41) is 3.72. The maximum absolute atomic E-state index is 6.08. The van der Waals surface area contributed by atoms with E-state index in [0.717, 1.165) is 13.0 Å². The van der Waals surface area contributed by atoms with Crippen molar-refractivity contribution in [3.63, 3.8) is 0 Å². The van der Waals surface area contributed by atoms with Crippen LogP contribution >= 0.6 is 0 Å². The molecule has 1 aliphatic carbocycles. The summed E-state index contributed by atoms with van der Waals surface area (Å²) in [6.45, 7) is 3.09. The smallest absolute Gasteiger partial charge is 0.0702 e. The van der Waals surface area contributed by atoms with E-state index in [2.05, 4.69) is 36.5 Å². The van der Waals surface area contributed by atoms with Gasteiger partial charge in [0, 0.05) is 18.3 Å². The highest BCUT2D eigenvalue weighted by Crippen LogP contribution is 2.40. The Bertz CT molecular complexity index is 409. The fourth-order valence-corrected chi connectivity index (χ4v) is 3.47. The van der Waals surface area contributed by atoms with Crippen LogP contribution < -0.4 is 5.32 Å². The second-order valence-corrected chi connectivity index (χ2v) is 5.89. The molecule has 1 N–H and O–H groups in total. The molecule has 1 aromatic rings. The number of ether oxygens (including phenoxy) is 1. The van der Waals surface area contributed by atoms with E-state index in [1.807, 2.05) is 0 Å². The van der Waals surface area contributed by atoms with Crippen LogP contribution in [0.25, 0.3) is 0 Å². The van der Waals surface area contributed by atoms with Crippen LogP contribution in [0, 0.1) is 6.92 Å². The maximum atomic E-state index is 6.08. The van der Waals surface area contributed by atoms with Gasteiger partial charge in [-0.05, 0) is 44.2 Å². The lowest BCUT2D eigenvalue weighted by molar-refractivity contribution is -0.0767. The lowest BCUT2D eigenvalue weighted by Crippen LogP contribution is -2.42. The van der Waals surface area contributed by atoms with E-state index in [4.69, 9.17) is 4.74 Å². The zero-order valence-corrected chi connectivity index (χ0v) is 11.2. The van der Waals surface area contributed by atoms with Gasteiger partial charge in [0.05, 0.1) is 5.60 Å². The van der Waals surface area contributed by atoms with Gasteiger partial charge in [0.1, 0.15) is 0 Å². The van der Waals surface area contributed by atoms with Crippen LogP contribution in [0.4, 0.5) is 5.69 Å². The SMILES string of the molecule is Cc1ccccc1NC1CCOC2(CCCC2)C1. The molecule has 0 aromatic heterocycles. The molecular weight excluding hydrogens is 222 g/mol. The van der Waals surface area contributed by atoms with Gasteiger partial charge in [0.25, 0.3) is 0 Å². The van der Waals surface area contributed by atoms with Crippen molar-refractivity contribution in [2.24, 2.45) is 0 Å². The van der Waals surface area contributed by atoms with Gasteiger partial charge in [-0.2, -0.15) is 0 Å². The van der Waals surface area contributed by atoms with E-state index in [9.17, 15) is 0 Å². The average Bonchev–Trinajstić information content (AvgIpc) is 2.80. The predicted molar refractivity (Wildman–Crippen MR) is 75.0 cm³/mol. The minimum Gasteiger partial charge on any atom is -0.382 e. The lowest BCUT2D eigenvalue weighted by atomic mass is 9.88. The molecule has 1 saturated carbocycles. The molecule has 1 atom stereocenters. The van der Waals surface area contributed by atoms with Crippen molar-refractivity contribution >= 4 is 5.69 Å². The van der Waals surface area contributed by atoms with Crippen LogP contribution in [0.3, 0.4) is 0 Å². The fraction of sp³-hybridized carbons (Fsp3) is 0.625. The minimum absolute atomic E-state index is 0.207. The van der Waals surface area contributed by atoms with Crippen LogP contribution in [0.5, 0.6) is 0 Å². The number of anilines is 1. The Balaban J connectivity index is 1.68. The number of para-hydroxylation sites is 1. The van der Waals surface area contributed by atoms with Crippen molar-refractivity contribution in [2.45, 2.75) is 57.1 Å². The summed E-state index contributed by atoms with van der Waals surface area (Å²) < 4.78 is 6.08. The van der Waals surface area contributed by atoms with E-state index < -0.39 is 0 Å². The second-order valence-electron chi connectivity index (χ2n) is 5.89. The van der Waals surface area contributed by atoms with Gasteiger partial charge < -0.3 is 10.1 Å². The molecule has 0 amide bonds. The molecule has 18 heavy (non-hydrogen) atoms. The van der Waals surface area contributed by atoms with E-state index >= 15 is 0 Å². The van der Waals surface area contributed by atoms with Gasteiger partial charge in [0.2, 0.25) is 0 Å². The van der Waals surface area contributed by atoms with Crippen LogP contribution in [-0.2, 0) is 4.74 Å². The Hall–Kier alpha value is -1.02. The number of hydrogen-bond donors (Lipinski definition) is 1. The molecule has 1 saturated heterocycles. The van der Waals surface area contributed by atoms with Gasteiger partial charge in [-0.25, -0.2) is 0 Å². The van der Waals surface area contributed by atoms with Crippen molar-refractivity contribution in [2.75, 3.05) is 11.9 Å². The molecule has 1 unspecified atom stereocenters. The summed E-state index contributed by atoms with van der Waals surface area (Å²) in [5.74, 6) is 0. The Morgan fingerprint density at radius 3 is 2.78 bits per heavy atom. The highest BCUT2D eigenvalue weighted by molar-refractivity contribution is 5.51. The fourth-order valence-electron chi connectivity index (χ4n) is 3.47. The molecule has 0 radical (unpaired) electrons. The first-order valence-electron chi connectivity index (χ1n) is 7.24. The van der Waals surface area contributed by atoms with Crippen LogP contribution in [-0.4, -0.2) is 18.2 Å². The normalized spacial score (nSPS) is 26.4. The topological polar surface area (TPSA) is 21.3 Å². The molecule has 2 fully saturated rings. The summed E-state index contributed by atoms with van der Waals surface area (Å²) in [5.41, 5.74) is 2.83. The molecule has 1 aromatic carbocycles. The number of hydrogen-bond acceptors (Lipinski definition) is 2. The summed E-state index contributed by atoms with van der Waals surface area (Å²) in [7, 11) is 0. The molecule has 0 bridgehead atoms. The quantitative estimate of drug-likeness (QED) is 0.853. The third-order valence-electron chi connectivity index (χ3n) is 4.51. The number of aryl methyl sites for hydroxylation is 1. The van der Waals surface area contributed by atoms with Gasteiger partial charge in [0.15, 0.2) is 0 Å². The highest BCUT2D eigenvalue weighted by Gasteiger charge is 2.39. The highest BCUT2D eigenvalue weighted by atomic mass is 16.5. The first-order valence-corrected chi connectivity index (χ1v) is 7.24. The zero-order valence-electron chi connectivity index (χ0n) is 11.2. The van der Waals surface area contributed by atoms with E-state index in [0.29, 0.717) is 6.04 Å². The van der Waals surface area contributed by atoms with E-state index in [1.54, 1.807) is 0 Å². The summed E-state index contributed by atoms with van der Waals surface area (Å²) in [6, 6.07) is 9.15. The minimum atomic E-state index is 0.207. The van der Waals surface area contributed by atoms with Crippen molar-refractivity contribution in [3.8, 4) is 0 Å². The summed E-state index contributed by atoms with van der Waals surface area (Å²) >= 11 is 0. The van der Waals surface area contributed by atoms with Crippen LogP contribution in [0.15, 0.2) is 24.3 Å². The molecular formula is C16H23NO. The summed E-state index contributed by atoms with van der Waals surface area (Å²) in [6.07, 6.45) is 7.53. The Kier molecular flexibility index (Phi) is 3.29. The monoisotopic (exact) mass is 245 g/mol.